The predicted octanol–water partition coefficient (Wildman–Crippen LogP) is 2.24. The monoisotopic (exact) mass is 297 g/mol. The molecule has 5 nitrogen and oxygen atoms in total. The SMILES string of the molecule is CCOC(=O)c1csc(N(C)C2CCN(CC)CC2)n1. The summed E-state index contributed by atoms with van der Waals surface area (Å²) in [4.78, 5) is 20.7. The Morgan fingerprint density at radius 2 is 2.20 bits per heavy atom. The molecule has 6 heteroatoms. The molecule has 0 spiro atoms. The zero-order valence-electron chi connectivity index (χ0n) is 12.5. The number of carbonyl (C=O) groups excluding carboxylic acids is 1. The third-order valence-electron chi connectivity index (χ3n) is 3.83. The van der Waals surface area contributed by atoms with Crippen molar-refractivity contribution in [3.05, 3.63) is 11.1 Å². The van der Waals surface area contributed by atoms with E-state index in [1.54, 1.807) is 12.3 Å². The normalized spacial score (nSPS) is 17.1. The molecule has 0 atom stereocenters. The first kappa shape index (κ1) is 15.3. The summed E-state index contributed by atoms with van der Waals surface area (Å²) in [6, 6.07) is 0.513. The van der Waals surface area contributed by atoms with Gasteiger partial charge in [-0.05, 0) is 26.3 Å². The second-order valence-electron chi connectivity index (χ2n) is 5.01. The van der Waals surface area contributed by atoms with E-state index in [-0.39, 0.29) is 5.97 Å². The van der Waals surface area contributed by atoms with Crippen molar-refractivity contribution in [1.29, 1.82) is 0 Å². The highest BCUT2D eigenvalue weighted by atomic mass is 32.1. The number of aromatic nitrogens is 1. The number of esters is 1. The number of hydrogen-bond donors (Lipinski definition) is 0. The van der Waals surface area contributed by atoms with Crippen LogP contribution in [0.15, 0.2) is 5.38 Å². The largest absolute Gasteiger partial charge is 0.461 e. The Morgan fingerprint density at radius 3 is 2.80 bits per heavy atom. The maximum absolute atomic E-state index is 11.6. The highest BCUT2D eigenvalue weighted by molar-refractivity contribution is 7.13. The number of ether oxygens (including phenoxy) is 1. The number of hydrogen-bond acceptors (Lipinski definition) is 6. The minimum absolute atomic E-state index is 0.329. The van der Waals surface area contributed by atoms with Crippen LogP contribution in [0.3, 0.4) is 0 Å². The van der Waals surface area contributed by atoms with Gasteiger partial charge in [-0.1, -0.05) is 6.92 Å². The van der Waals surface area contributed by atoms with Crippen molar-refractivity contribution in [2.24, 2.45) is 0 Å². The van der Waals surface area contributed by atoms with Crippen LogP contribution >= 0.6 is 11.3 Å². The van der Waals surface area contributed by atoms with Crippen LogP contribution < -0.4 is 4.90 Å². The van der Waals surface area contributed by atoms with Crippen LogP contribution in [0.25, 0.3) is 0 Å². The van der Waals surface area contributed by atoms with Crippen LogP contribution in [0, 0.1) is 0 Å². The van der Waals surface area contributed by atoms with Gasteiger partial charge in [-0.25, -0.2) is 9.78 Å². The minimum atomic E-state index is -0.329. The van der Waals surface area contributed by atoms with Gasteiger partial charge in [-0.15, -0.1) is 11.3 Å². The number of thiazole rings is 1. The molecule has 1 saturated heterocycles. The molecule has 0 unspecified atom stereocenters. The molecular weight excluding hydrogens is 274 g/mol. The number of piperidine rings is 1. The lowest BCUT2D eigenvalue weighted by Crippen LogP contribution is -2.43. The Hall–Kier alpha value is -1.14. The predicted molar refractivity (Wildman–Crippen MR) is 81.6 cm³/mol. The van der Waals surface area contributed by atoms with Gasteiger partial charge in [-0.2, -0.15) is 0 Å². The summed E-state index contributed by atoms with van der Waals surface area (Å²) in [5, 5.41) is 2.69. The van der Waals surface area contributed by atoms with Gasteiger partial charge in [0.2, 0.25) is 0 Å². The average molecular weight is 297 g/mol. The molecular formula is C14H23N3O2S. The molecule has 2 heterocycles. The molecule has 20 heavy (non-hydrogen) atoms. The second kappa shape index (κ2) is 7.04. The van der Waals surface area contributed by atoms with Crippen LogP contribution in [0.4, 0.5) is 5.13 Å². The third kappa shape index (κ3) is 3.49. The minimum Gasteiger partial charge on any atom is -0.461 e. The molecule has 1 aromatic rings. The number of likely N-dealkylation sites (tertiary alicyclic amines) is 1. The fraction of sp³-hybridized carbons (Fsp3) is 0.714. The third-order valence-corrected chi connectivity index (χ3v) is 4.76. The molecule has 0 bridgehead atoms. The fourth-order valence-electron chi connectivity index (χ4n) is 2.50. The molecule has 0 aromatic carbocycles. The molecule has 1 aliphatic rings. The van der Waals surface area contributed by atoms with Crippen LogP contribution in [-0.2, 0) is 4.74 Å². The Bertz CT molecular complexity index is 441. The summed E-state index contributed by atoms with van der Waals surface area (Å²) in [6.07, 6.45) is 2.30. The topological polar surface area (TPSA) is 45.7 Å². The fourth-order valence-corrected chi connectivity index (χ4v) is 3.34. The zero-order chi connectivity index (χ0) is 14.5. The first-order valence-corrected chi connectivity index (χ1v) is 8.11. The van der Waals surface area contributed by atoms with Crippen molar-refractivity contribution in [3.8, 4) is 0 Å². The van der Waals surface area contributed by atoms with Crippen LogP contribution in [-0.4, -0.2) is 55.2 Å². The van der Waals surface area contributed by atoms with E-state index >= 15 is 0 Å². The van der Waals surface area contributed by atoms with Crippen molar-refractivity contribution in [2.75, 3.05) is 38.2 Å². The smallest absolute Gasteiger partial charge is 0.357 e. The van der Waals surface area contributed by atoms with Crippen molar-refractivity contribution >= 4 is 22.4 Å². The second-order valence-corrected chi connectivity index (χ2v) is 5.85. The molecule has 0 N–H and O–H groups in total. The summed E-state index contributed by atoms with van der Waals surface area (Å²) < 4.78 is 4.98. The molecule has 0 radical (unpaired) electrons. The zero-order valence-corrected chi connectivity index (χ0v) is 13.3. The van der Waals surface area contributed by atoms with Crippen molar-refractivity contribution in [1.82, 2.24) is 9.88 Å². The maximum Gasteiger partial charge on any atom is 0.357 e. The van der Waals surface area contributed by atoms with E-state index < -0.39 is 0 Å². The average Bonchev–Trinajstić information content (AvgIpc) is 2.97. The van der Waals surface area contributed by atoms with Gasteiger partial charge in [0.25, 0.3) is 0 Å². The van der Waals surface area contributed by atoms with Crippen molar-refractivity contribution < 1.29 is 9.53 Å². The molecule has 0 amide bonds. The van der Waals surface area contributed by atoms with E-state index in [2.05, 4.69) is 28.8 Å². The molecule has 1 fully saturated rings. The number of anilines is 1. The number of nitrogens with zero attached hydrogens (tertiary/aromatic N) is 3. The number of rotatable bonds is 5. The molecule has 2 rings (SSSR count). The Morgan fingerprint density at radius 1 is 1.50 bits per heavy atom. The number of carbonyl (C=O) groups is 1. The van der Waals surface area contributed by atoms with Crippen molar-refractivity contribution in [3.63, 3.8) is 0 Å². The van der Waals surface area contributed by atoms with Gasteiger partial charge in [-0.3, -0.25) is 0 Å². The van der Waals surface area contributed by atoms with Crippen LogP contribution in [0.1, 0.15) is 37.2 Å². The van der Waals surface area contributed by atoms with Gasteiger partial charge in [0, 0.05) is 31.6 Å². The van der Waals surface area contributed by atoms with E-state index in [0.29, 0.717) is 18.3 Å². The van der Waals surface area contributed by atoms with Gasteiger partial charge < -0.3 is 14.5 Å². The quantitative estimate of drug-likeness (QED) is 0.780. The molecule has 112 valence electrons. The summed E-state index contributed by atoms with van der Waals surface area (Å²) in [6.45, 7) is 7.80. The van der Waals surface area contributed by atoms with Crippen molar-refractivity contribution in [2.45, 2.75) is 32.7 Å². The summed E-state index contributed by atoms with van der Waals surface area (Å²) in [7, 11) is 2.07. The molecule has 0 saturated carbocycles. The van der Waals surface area contributed by atoms with Gasteiger partial charge >= 0.3 is 5.97 Å². The van der Waals surface area contributed by atoms with Gasteiger partial charge in [0.15, 0.2) is 10.8 Å². The highest BCUT2D eigenvalue weighted by Crippen LogP contribution is 2.25. The van der Waals surface area contributed by atoms with E-state index in [4.69, 9.17) is 4.74 Å². The Kier molecular flexibility index (Phi) is 5.37. The van der Waals surface area contributed by atoms with Gasteiger partial charge in [0.1, 0.15) is 0 Å². The highest BCUT2D eigenvalue weighted by Gasteiger charge is 2.24. The van der Waals surface area contributed by atoms with Gasteiger partial charge in [0.05, 0.1) is 6.61 Å². The maximum atomic E-state index is 11.6. The standard InChI is InChI=1S/C14H23N3O2S/c1-4-17-8-6-11(7-9-17)16(3)14-15-12(10-20-14)13(18)19-5-2/h10-11H,4-9H2,1-3H3. The first-order valence-electron chi connectivity index (χ1n) is 7.23. The lowest BCUT2D eigenvalue weighted by atomic mass is 10.0. The van der Waals surface area contributed by atoms with E-state index in [1.807, 2.05) is 0 Å². The van der Waals surface area contributed by atoms with E-state index in [0.717, 1.165) is 37.6 Å². The first-order chi connectivity index (χ1) is 9.65. The van der Waals surface area contributed by atoms with Crippen LogP contribution in [0.5, 0.6) is 0 Å². The summed E-state index contributed by atoms with van der Waals surface area (Å²) in [5.74, 6) is -0.329. The lowest BCUT2D eigenvalue weighted by Gasteiger charge is -2.36. The Labute approximate surface area is 124 Å². The molecule has 1 aromatic heterocycles. The summed E-state index contributed by atoms with van der Waals surface area (Å²) >= 11 is 1.51. The van der Waals surface area contributed by atoms with Crippen LogP contribution in [0.2, 0.25) is 0 Å². The van der Waals surface area contributed by atoms with E-state index in [9.17, 15) is 4.79 Å². The summed E-state index contributed by atoms with van der Waals surface area (Å²) in [5.41, 5.74) is 0.421. The van der Waals surface area contributed by atoms with E-state index in [1.165, 1.54) is 11.3 Å². The lowest BCUT2D eigenvalue weighted by molar-refractivity contribution is 0.0520. The molecule has 0 aliphatic carbocycles. The molecule has 1 aliphatic heterocycles. The Balaban J connectivity index is 1.96.